The van der Waals surface area contributed by atoms with Gasteiger partial charge in [-0.05, 0) is 54.6 Å². The van der Waals surface area contributed by atoms with Crippen molar-refractivity contribution in [3.05, 3.63) is 53.9 Å². The molecule has 0 saturated heterocycles. The molecule has 1 aromatic heterocycles. The molecule has 1 aliphatic carbocycles. The number of pyridine rings is 1. The van der Waals surface area contributed by atoms with Crippen molar-refractivity contribution < 1.29 is 23.7 Å². The predicted molar refractivity (Wildman–Crippen MR) is 132 cm³/mol. The van der Waals surface area contributed by atoms with Gasteiger partial charge >= 0.3 is 0 Å². The maximum absolute atomic E-state index is 13.3. The third-order valence-electron chi connectivity index (χ3n) is 6.35. The van der Waals surface area contributed by atoms with Crippen LogP contribution in [-0.2, 0) is 4.79 Å². The second kappa shape index (κ2) is 9.04. The van der Waals surface area contributed by atoms with Gasteiger partial charge in [0, 0.05) is 11.6 Å². The predicted octanol–water partition coefficient (Wildman–Crippen LogP) is 5.06. The van der Waals surface area contributed by atoms with Gasteiger partial charge in [-0.25, -0.2) is 0 Å². The van der Waals surface area contributed by atoms with Crippen LogP contribution >= 0.6 is 23.2 Å². The normalized spacial score (nSPS) is 19.3. The van der Waals surface area contributed by atoms with Gasteiger partial charge in [-0.3, -0.25) is 9.78 Å². The first-order chi connectivity index (χ1) is 16.2. The number of nitrogens with one attached hydrogen (secondary N) is 1. The molecule has 1 fully saturated rings. The molecule has 1 aliphatic rings. The van der Waals surface area contributed by atoms with Crippen molar-refractivity contribution in [2.75, 3.05) is 28.4 Å². The summed E-state index contributed by atoms with van der Waals surface area (Å²) >= 11 is 12.6. The zero-order valence-corrected chi connectivity index (χ0v) is 21.1. The Morgan fingerprint density at radius 1 is 0.941 bits per heavy atom. The molecule has 2 atom stereocenters. The van der Waals surface area contributed by atoms with Gasteiger partial charge in [0.05, 0.1) is 45.6 Å². The third-order valence-corrected chi connectivity index (χ3v) is 7.45. The van der Waals surface area contributed by atoms with Gasteiger partial charge in [0.15, 0.2) is 23.0 Å². The van der Waals surface area contributed by atoms with E-state index in [1.165, 1.54) is 0 Å². The average molecular weight is 505 g/mol. The van der Waals surface area contributed by atoms with Crippen LogP contribution in [0.5, 0.6) is 23.0 Å². The number of methoxy groups -OCH3 is 4. The van der Waals surface area contributed by atoms with Crippen LogP contribution in [0, 0.1) is 5.41 Å². The molecule has 0 aliphatic heterocycles. The first-order valence-corrected chi connectivity index (χ1v) is 11.4. The highest BCUT2D eigenvalue weighted by molar-refractivity contribution is 6.53. The van der Waals surface area contributed by atoms with Crippen LogP contribution in [-0.4, -0.2) is 43.7 Å². The molecular formula is C25H26Cl2N2O5. The van der Waals surface area contributed by atoms with E-state index in [0.29, 0.717) is 35.1 Å². The zero-order valence-electron chi connectivity index (χ0n) is 19.6. The molecule has 1 N–H and O–H groups in total. The number of hydrogen-bond acceptors (Lipinski definition) is 6. The van der Waals surface area contributed by atoms with E-state index in [-0.39, 0.29) is 5.91 Å². The number of nitrogens with zero attached hydrogens (tertiary/aromatic N) is 1. The third kappa shape index (κ3) is 4.07. The highest BCUT2D eigenvalue weighted by Gasteiger charge is 2.68. The zero-order chi connectivity index (χ0) is 24.7. The summed E-state index contributed by atoms with van der Waals surface area (Å²) in [6, 6.07) is 10.4. The monoisotopic (exact) mass is 504 g/mol. The van der Waals surface area contributed by atoms with E-state index in [1.807, 2.05) is 30.3 Å². The van der Waals surface area contributed by atoms with Crippen LogP contribution in [0.3, 0.4) is 0 Å². The van der Waals surface area contributed by atoms with Gasteiger partial charge in [-0.2, -0.15) is 0 Å². The summed E-state index contributed by atoms with van der Waals surface area (Å²) in [5.74, 6) is 1.98. The minimum atomic E-state index is -1.11. The summed E-state index contributed by atoms with van der Waals surface area (Å²) in [5, 5.41) is 4.79. The molecule has 7 nitrogen and oxygen atoms in total. The fraction of sp³-hybridized carbons (Fsp3) is 0.360. The number of aromatic nitrogens is 1. The van der Waals surface area contributed by atoms with Gasteiger partial charge in [0.25, 0.3) is 0 Å². The van der Waals surface area contributed by atoms with E-state index in [2.05, 4.69) is 10.3 Å². The van der Waals surface area contributed by atoms with Gasteiger partial charge < -0.3 is 24.3 Å². The number of rotatable bonds is 8. The Labute approximate surface area is 208 Å². The van der Waals surface area contributed by atoms with Crippen molar-refractivity contribution in [2.24, 2.45) is 5.41 Å². The number of amides is 1. The molecule has 2 aromatic carbocycles. The Bertz CT molecular complexity index is 1250. The highest BCUT2D eigenvalue weighted by atomic mass is 35.5. The molecule has 1 saturated carbocycles. The standard InChI is InChI=1S/C25H26Cl2N2O5/c1-24(13-25(24,26)27)23(30)29-21(15-6-7-17(31-2)18(11-15)32-3)22-16-12-20(34-5)19(33-4)10-14(16)8-9-28-22/h6-12,21H,13H2,1-5H3,(H,29,30)/t21-,24-/m0/s1. The van der Waals surface area contributed by atoms with E-state index in [9.17, 15) is 4.79 Å². The number of benzene rings is 2. The van der Waals surface area contributed by atoms with E-state index < -0.39 is 15.8 Å². The van der Waals surface area contributed by atoms with Crippen molar-refractivity contribution in [3.8, 4) is 23.0 Å². The summed E-state index contributed by atoms with van der Waals surface area (Å²) in [7, 11) is 6.28. The maximum atomic E-state index is 13.3. The van der Waals surface area contributed by atoms with Crippen LogP contribution in [0.1, 0.15) is 30.6 Å². The quantitative estimate of drug-likeness (QED) is 0.432. The topological polar surface area (TPSA) is 78.9 Å². The smallest absolute Gasteiger partial charge is 0.229 e. The van der Waals surface area contributed by atoms with Gasteiger partial charge in [-0.1, -0.05) is 6.07 Å². The van der Waals surface area contributed by atoms with Crippen LogP contribution < -0.4 is 24.3 Å². The van der Waals surface area contributed by atoms with E-state index in [4.69, 9.17) is 42.1 Å². The van der Waals surface area contributed by atoms with Crippen molar-refractivity contribution in [1.82, 2.24) is 10.3 Å². The van der Waals surface area contributed by atoms with Crippen LogP contribution in [0.25, 0.3) is 10.8 Å². The second-order valence-corrected chi connectivity index (χ2v) is 9.84. The molecule has 0 spiro atoms. The average Bonchev–Trinajstić information content (AvgIpc) is 3.38. The molecule has 0 bridgehead atoms. The van der Waals surface area contributed by atoms with Gasteiger partial charge in [0.1, 0.15) is 4.33 Å². The molecule has 1 heterocycles. The number of alkyl halides is 2. The fourth-order valence-electron chi connectivity index (χ4n) is 4.03. The SMILES string of the molecule is COc1ccc([C@H](NC(=O)[C@]2(C)CC2(Cl)Cl)c2nccc3cc(OC)c(OC)cc23)cc1OC. The Balaban J connectivity index is 1.88. The molecule has 0 radical (unpaired) electrons. The molecule has 180 valence electrons. The lowest BCUT2D eigenvalue weighted by molar-refractivity contribution is -0.126. The van der Waals surface area contributed by atoms with Crippen LogP contribution in [0.15, 0.2) is 42.6 Å². The Kier molecular flexibility index (Phi) is 6.44. The molecular weight excluding hydrogens is 479 g/mol. The first-order valence-electron chi connectivity index (χ1n) is 10.6. The number of fused-ring (bicyclic) bond motifs is 1. The van der Waals surface area contributed by atoms with Gasteiger partial charge in [0.2, 0.25) is 5.91 Å². The minimum Gasteiger partial charge on any atom is -0.493 e. The molecule has 1 amide bonds. The number of carbonyl (C=O) groups is 1. The number of halogens is 2. The minimum absolute atomic E-state index is 0.267. The van der Waals surface area contributed by atoms with Crippen molar-refractivity contribution in [2.45, 2.75) is 23.7 Å². The molecule has 9 heteroatoms. The van der Waals surface area contributed by atoms with Crippen molar-refractivity contribution >= 4 is 39.9 Å². The van der Waals surface area contributed by atoms with Gasteiger partial charge in [-0.15, -0.1) is 23.2 Å². The Morgan fingerprint density at radius 2 is 1.53 bits per heavy atom. The summed E-state index contributed by atoms with van der Waals surface area (Å²) in [4.78, 5) is 18.0. The number of ether oxygens (including phenoxy) is 4. The first kappa shape index (κ1) is 24.2. The fourth-order valence-corrected chi connectivity index (χ4v) is 4.74. The van der Waals surface area contributed by atoms with E-state index >= 15 is 0 Å². The summed E-state index contributed by atoms with van der Waals surface area (Å²) in [5.41, 5.74) is 0.467. The summed E-state index contributed by atoms with van der Waals surface area (Å²) in [6.45, 7) is 1.75. The lowest BCUT2D eigenvalue weighted by Crippen LogP contribution is -2.37. The van der Waals surface area contributed by atoms with Crippen molar-refractivity contribution in [3.63, 3.8) is 0 Å². The maximum Gasteiger partial charge on any atom is 0.229 e. The molecule has 0 unspecified atom stereocenters. The Morgan fingerprint density at radius 3 is 2.12 bits per heavy atom. The van der Waals surface area contributed by atoms with E-state index in [0.717, 1.165) is 16.3 Å². The highest BCUT2D eigenvalue weighted by Crippen LogP contribution is 2.64. The lowest BCUT2D eigenvalue weighted by Gasteiger charge is -2.24. The lowest BCUT2D eigenvalue weighted by atomic mass is 9.96. The second-order valence-electron chi connectivity index (χ2n) is 8.36. The summed E-state index contributed by atoms with van der Waals surface area (Å²) in [6.07, 6.45) is 2.05. The Hall–Kier alpha value is -2.90. The van der Waals surface area contributed by atoms with E-state index in [1.54, 1.807) is 47.6 Å². The molecule has 4 rings (SSSR count). The number of carbonyl (C=O) groups excluding carboxylic acids is 1. The number of hydrogen-bond donors (Lipinski definition) is 1. The summed E-state index contributed by atoms with van der Waals surface area (Å²) < 4.78 is 20.7. The molecule has 34 heavy (non-hydrogen) atoms. The largest absolute Gasteiger partial charge is 0.493 e. The van der Waals surface area contributed by atoms with Crippen LogP contribution in [0.2, 0.25) is 0 Å². The molecule has 3 aromatic rings. The van der Waals surface area contributed by atoms with Crippen LogP contribution in [0.4, 0.5) is 0 Å². The van der Waals surface area contributed by atoms with Crippen molar-refractivity contribution in [1.29, 1.82) is 0 Å².